The van der Waals surface area contributed by atoms with Crippen molar-refractivity contribution in [2.75, 3.05) is 12.3 Å². The maximum Gasteiger partial charge on any atom is 0.410 e. The predicted octanol–water partition coefficient (Wildman–Crippen LogP) is 2.28. The Labute approximate surface area is 135 Å². The molecule has 7 heteroatoms. The Morgan fingerprint density at radius 2 is 2.04 bits per heavy atom. The monoisotopic (exact) mass is 315 g/mol. The second-order valence-electron chi connectivity index (χ2n) is 6.62. The highest BCUT2D eigenvalue weighted by molar-refractivity contribution is 5.68. The minimum atomic E-state index is -0.505. The van der Waals surface area contributed by atoms with Gasteiger partial charge in [-0.05, 0) is 32.9 Å². The summed E-state index contributed by atoms with van der Waals surface area (Å²) in [6, 6.07) is 7.55. The van der Waals surface area contributed by atoms with Gasteiger partial charge in [-0.25, -0.2) is 4.79 Å². The molecule has 23 heavy (non-hydrogen) atoms. The number of benzene rings is 1. The van der Waals surface area contributed by atoms with Crippen molar-refractivity contribution in [3.05, 3.63) is 30.1 Å². The van der Waals surface area contributed by atoms with Crippen molar-refractivity contribution < 1.29 is 9.53 Å². The maximum atomic E-state index is 12.2. The van der Waals surface area contributed by atoms with Crippen molar-refractivity contribution in [3.8, 4) is 11.4 Å². The first-order valence-electron chi connectivity index (χ1n) is 7.59. The molecule has 0 aliphatic carbocycles. The molecule has 3 rings (SSSR count). The van der Waals surface area contributed by atoms with Crippen LogP contribution < -0.4 is 5.73 Å². The standard InChI is InChI=1S/C16H21N5O2/c1-16(2,3)23-15(22)20-7-8-21-13(10-20)18-19-14(21)11-5-4-6-12(17)9-11/h4-6,9H,7-8,10,17H2,1-3H3. The Kier molecular flexibility index (Phi) is 3.71. The van der Waals surface area contributed by atoms with Gasteiger partial charge < -0.3 is 15.0 Å². The first kappa shape index (κ1) is 15.3. The van der Waals surface area contributed by atoms with Gasteiger partial charge in [0.05, 0.1) is 6.54 Å². The molecule has 0 spiro atoms. The predicted molar refractivity (Wildman–Crippen MR) is 86.5 cm³/mol. The van der Waals surface area contributed by atoms with Crippen molar-refractivity contribution in [1.29, 1.82) is 0 Å². The van der Waals surface area contributed by atoms with Crippen LogP contribution in [0.1, 0.15) is 26.6 Å². The molecule has 122 valence electrons. The number of anilines is 1. The number of carbonyl (C=O) groups is 1. The first-order valence-corrected chi connectivity index (χ1v) is 7.59. The zero-order valence-corrected chi connectivity index (χ0v) is 13.6. The summed E-state index contributed by atoms with van der Waals surface area (Å²) in [7, 11) is 0. The Hall–Kier alpha value is -2.57. The maximum absolute atomic E-state index is 12.2. The summed E-state index contributed by atoms with van der Waals surface area (Å²) in [4.78, 5) is 13.8. The summed E-state index contributed by atoms with van der Waals surface area (Å²) in [6.07, 6.45) is -0.322. The highest BCUT2D eigenvalue weighted by Gasteiger charge is 2.28. The van der Waals surface area contributed by atoms with E-state index in [-0.39, 0.29) is 6.09 Å². The number of hydrogen-bond donors (Lipinski definition) is 1. The first-order chi connectivity index (χ1) is 10.8. The van der Waals surface area contributed by atoms with Crippen LogP contribution in [-0.4, -0.2) is 37.9 Å². The summed E-state index contributed by atoms with van der Waals surface area (Å²) in [5.41, 5.74) is 6.94. The van der Waals surface area contributed by atoms with Crippen molar-refractivity contribution in [2.24, 2.45) is 0 Å². The summed E-state index contributed by atoms with van der Waals surface area (Å²) in [5, 5.41) is 8.47. The van der Waals surface area contributed by atoms with Crippen molar-refractivity contribution >= 4 is 11.8 Å². The number of hydrogen-bond acceptors (Lipinski definition) is 5. The number of carbonyl (C=O) groups excluding carboxylic acids is 1. The molecule has 0 saturated heterocycles. The minimum Gasteiger partial charge on any atom is -0.444 e. The van der Waals surface area contributed by atoms with Gasteiger partial charge in [0.2, 0.25) is 0 Å². The Morgan fingerprint density at radius 3 is 2.74 bits per heavy atom. The lowest BCUT2D eigenvalue weighted by atomic mass is 10.2. The number of amides is 1. The molecule has 2 N–H and O–H groups in total. The van der Waals surface area contributed by atoms with Crippen LogP contribution in [0.15, 0.2) is 24.3 Å². The highest BCUT2D eigenvalue weighted by atomic mass is 16.6. The van der Waals surface area contributed by atoms with E-state index in [0.717, 1.165) is 17.2 Å². The molecule has 0 unspecified atom stereocenters. The molecule has 1 aliphatic rings. The van der Waals surface area contributed by atoms with Gasteiger partial charge in [-0.2, -0.15) is 0 Å². The molecule has 0 bridgehead atoms. The van der Waals surface area contributed by atoms with E-state index in [0.29, 0.717) is 25.3 Å². The molecule has 1 aliphatic heterocycles. The fourth-order valence-electron chi connectivity index (χ4n) is 2.53. The molecule has 2 aromatic rings. The number of nitrogens with zero attached hydrogens (tertiary/aromatic N) is 4. The second-order valence-corrected chi connectivity index (χ2v) is 6.62. The topological polar surface area (TPSA) is 86.3 Å². The number of ether oxygens (including phenoxy) is 1. The van der Waals surface area contributed by atoms with Gasteiger partial charge in [-0.15, -0.1) is 10.2 Å². The highest BCUT2D eigenvalue weighted by Crippen LogP contribution is 2.24. The number of aromatic nitrogens is 3. The smallest absolute Gasteiger partial charge is 0.410 e. The lowest BCUT2D eigenvalue weighted by Crippen LogP contribution is -2.41. The van der Waals surface area contributed by atoms with E-state index < -0.39 is 5.60 Å². The zero-order chi connectivity index (χ0) is 16.6. The van der Waals surface area contributed by atoms with Gasteiger partial charge in [0.1, 0.15) is 5.60 Å². The third-order valence-corrected chi connectivity index (χ3v) is 3.55. The zero-order valence-electron chi connectivity index (χ0n) is 13.6. The molecule has 1 aromatic heterocycles. The van der Waals surface area contributed by atoms with Crippen LogP contribution >= 0.6 is 0 Å². The molecule has 7 nitrogen and oxygen atoms in total. The fourth-order valence-corrected chi connectivity index (χ4v) is 2.53. The normalized spacial score (nSPS) is 14.5. The molecular weight excluding hydrogens is 294 g/mol. The Morgan fingerprint density at radius 1 is 1.26 bits per heavy atom. The van der Waals surface area contributed by atoms with Gasteiger partial charge in [0.25, 0.3) is 0 Å². The fraction of sp³-hybridized carbons (Fsp3) is 0.438. The van der Waals surface area contributed by atoms with Crippen LogP contribution in [0.3, 0.4) is 0 Å². The van der Waals surface area contributed by atoms with Crippen molar-refractivity contribution in [2.45, 2.75) is 39.5 Å². The third-order valence-electron chi connectivity index (χ3n) is 3.55. The van der Waals surface area contributed by atoms with Crippen LogP contribution in [0.25, 0.3) is 11.4 Å². The Bertz CT molecular complexity index is 732. The summed E-state index contributed by atoms with van der Waals surface area (Å²) < 4.78 is 7.44. The van der Waals surface area contributed by atoms with Gasteiger partial charge in [0, 0.05) is 24.3 Å². The molecule has 0 saturated carbocycles. The molecule has 0 radical (unpaired) electrons. The molecule has 0 fully saturated rings. The van der Waals surface area contributed by atoms with Crippen molar-refractivity contribution in [1.82, 2.24) is 19.7 Å². The van der Waals surface area contributed by atoms with Gasteiger partial charge in [-0.1, -0.05) is 12.1 Å². The van der Waals surface area contributed by atoms with Crippen molar-refractivity contribution in [3.63, 3.8) is 0 Å². The second kappa shape index (κ2) is 5.57. The lowest BCUT2D eigenvalue weighted by Gasteiger charge is -2.30. The lowest BCUT2D eigenvalue weighted by molar-refractivity contribution is 0.0196. The number of nitrogens with two attached hydrogens (primary N) is 1. The average Bonchev–Trinajstić information content (AvgIpc) is 2.88. The van der Waals surface area contributed by atoms with E-state index in [1.54, 1.807) is 4.90 Å². The van der Waals surface area contributed by atoms with Crippen LogP contribution in [0.4, 0.5) is 10.5 Å². The SMILES string of the molecule is CC(C)(C)OC(=O)N1CCn2c(nnc2-c2cccc(N)c2)C1. The van der Waals surface area contributed by atoms with Crippen LogP contribution in [-0.2, 0) is 17.8 Å². The van der Waals surface area contributed by atoms with Crippen LogP contribution in [0, 0.1) is 0 Å². The molecular formula is C16H21N5O2. The van der Waals surface area contributed by atoms with E-state index >= 15 is 0 Å². The van der Waals surface area contributed by atoms with Gasteiger partial charge >= 0.3 is 6.09 Å². The summed E-state index contributed by atoms with van der Waals surface area (Å²) in [5.74, 6) is 1.52. The third kappa shape index (κ3) is 3.28. The van der Waals surface area contributed by atoms with E-state index in [1.165, 1.54) is 0 Å². The quantitative estimate of drug-likeness (QED) is 0.816. The van der Waals surface area contributed by atoms with Crippen LogP contribution in [0.2, 0.25) is 0 Å². The van der Waals surface area contributed by atoms with Gasteiger partial charge in [0.15, 0.2) is 11.6 Å². The number of nitrogen functional groups attached to an aromatic ring is 1. The van der Waals surface area contributed by atoms with E-state index in [9.17, 15) is 4.79 Å². The summed E-state index contributed by atoms with van der Waals surface area (Å²) >= 11 is 0. The Balaban J connectivity index is 1.80. The average molecular weight is 315 g/mol. The van der Waals surface area contributed by atoms with Crippen LogP contribution in [0.5, 0.6) is 0 Å². The van der Waals surface area contributed by atoms with E-state index in [1.807, 2.05) is 49.6 Å². The number of rotatable bonds is 1. The largest absolute Gasteiger partial charge is 0.444 e. The van der Waals surface area contributed by atoms with E-state index in [2.05, 4.69) is 10.2 Å². The molecule has 1 amide bonds. The summed E-state index contributed by atoms with van der Waals surface area (Å²) in [6.45, 7) is 7.16. The molecule has 0 atom stereocenters. The van der Waals surface area contributed by atoms with Gasteiger partial charge in [-0.3, -0.25) is 4.90 Å². The molecule has 1 aromatic carbocycles. The number of fused-ring (bicyclic) bond motifs is 1. The minimum absolute atomic E-state index is 0.322. The molecule has 2 heterocycles. The van der Waals surface area contributed by atoms with E-state index in [4.69, 9.17) is 10.5 Å².